The molecular weight excluding hydrogens is 240 g/mol. The van der Waals surface area contributed by atoms with E-state index >= 15 is 0 Å². The van der Waals surface area contributed by atoms with Gasteiger partial charge in [0.1, 0.15) is 0 Å². The standard InChI is InChI=1S/C15H14N2O2/c1-8(2)17-13-10-6-4-5-7-11(10)14(18)15(19)12(13)9(3)16-17/h4-8H,1-3H3. The van der Waals surface area contributed by atoms with Crippen LogP contribution in [-0.2, 0) is 0 Å². The number of ketones is 2. The second-order valence-corrected chi connectivity index (χ2v) is 5.05. The van der Waals surface area contributed by atoms with Crippen molar-refractivity contribution in [3.63, 3.8) is 0 Å². The number of carbonyl (C=O) groups is 2. The maximum Gasteiger partial charge on any atom is 0.237 e. The Morgan fingerprint density at radius 2 is 1.68 bits per heavy atom. The number of aryl methyl sites for hydroxylation is 1. The summed E-state index contributed by atoms with van der Waals surface area (Å²) in [5, 5.41) is 4.42. The number of rotatable bonds is 1. The fraction of sp³-hybridized carbons (Fsp3) is 0.267. The van der Waals surface area contributed by atoms with Gasteiger partial charge < -0.3 is 0 Å². The van der Waals surface area contributed by atoms with Crippen molar-refractivity contribution in [2.24, 2.45) is 0 Å². The number of hydrogen-bond acceptors (Lipinski definition) is 3. The Morgan fingerprint density at radius 3 is 2.32 bits per heavy atom. The Kier molecular flexibility index (Phi) is 2.42. The van der Waals surface area contributed by atoms with Crippen molar-refractivity contribution in [1.82, 2.24) is 9.78 Å². The lowest BCUT2D eigenvalue weighted by Gasteiger charge is -2.18. The lowest BCUT2D eigenvalue weighted by molar-refractivity contribution is 0.0815. The van der Waals surface area contributed by atoms with Gasteiger partial charge in [-0.25, -0.2) is 0 Å². The van der Waals surface area contributed by atoms with E-state index in [0.29, 0.717) is 16.8 Å². The first kappa shape index (κ1) is 11.8. The SMILES string of the molecule is Cc1nn(C(C)C)c2c1C(=O)C(=O)c1ccccc1-2. The van der Waals surface area contributed by atoms with Crippen molar-refractivity contribution < 1.29 is 9.59 Å². The van der Waals surface area contributed by atoms with Crippen molar-refractivity contribution >= 4 is 11.6 Å². The van der Waals surface area contributed by atoms with Crippen LogP contribution in [0.15, 0.2) is 24.3 Å². The van der Waals surface area contributed by atoms with Crippen LogP contribution in [0.4, 0.5) is 0 Å². The van der Waals surface area contributed by atoms with Gasteiger partial charge in [0.25, 0.3) is 0 Å². The van der Waals surface area contributed by atoms with E-state index < -0.39 is 11.6 Å². The van der Waals surface area contributed by atoms with Gasteiger partial charge in [0.2, 0.25) is 11.6 Å². The average Bonchev–Trinajstić information content (AvgIpc) is 2.74. The molecule has 1 aromatic carbocycles. The quantitative estimate of drug-likeness (QED) is 0.735. The third kappa shape index (κ3) is 1.49. The van der Waals surface area contributed by atoms with E-state index in [1.165, 1.54) is 0 Å². The van der Waals surface area contributed by atoms with Gasteiger partial charge in [-0.2, -0.15) is 5.10 Å². The lowest BCUT2D eigenvalue weighted by Crippen LogP contribution is -2.22. The van der Waals surface area contributed by atoms with Crippen molar-refractivity contribution in [1.29, 1.82) is 0 Å². The molecule has 96 valence electrons. The summed E-state index contributed by atoms with van der Waals surface area (Å²) in [5.41, 5.74) is 3.12. The van der Waals surface area contributed by atoms with Crippen molar-refractivity contribution in [2.75, 3.05) is 0 Å². The van der Waals surface area contributed by atoms with Crippen LogP contribution in [0, 0.1) is 6.92 Å². The average molecular weight is 254 g/mol. The molecule has 0 bridgehead atoms. The van der Waals surface area contributed by atoms with Crippen LogP contribution in [0.3, 0.4) is 0 Å². The van der Waals surface area contributed by atoms with Crippen LogP contribution in [-0.4, -0.2) is 21.3 Å². The van der Waals surface area contributed by atoms with Crippen molar-refractivity contribution in [3.8, 4) is 11.3 Å². The summed E-state index contributed by atoms with van der Waals surface area (Å²) < 4.78 is 1.83. The maximum atomic E-state index is 12.2. The second kappa shape index (κ2) is 3.88. The molecule has 0 saturated carbocycles. The maximum absolute atomic E-state index is 12.2. The highest BCUT2D eigenvalue weighted by molar-refractivity contribution is 6.53. The molecule has 1 aromatic heterocycles. The van der Waals surface area contributed by atoms with Crippen molar-refractivity contribution in [3.05, 3.63) is 41.1 Å². The fourth-order valence-electron chi connectivity index (χ4n) is 2.57. The number of nitrogens with zero attached hydrogens (tertiary/aromatic N) is 2. The summed E-state index contributed by atoms with van der Waals surface area (Å²) in [6, 6.07) is 7.36. The highest BCUT2D eigenvalue weighted by Crippen LogP contribution is 2.36. The number of benzene rings is 1. The van der Waals surface area contributed by atoms with E-state index in [0.717, 1.165) is 11.3 Å². The van der Waals surface area contributed by atoms with E-state index in [-0.39, 0.29) is 6.04 Å². The molecular formula is C15H14N2O2. The summed E-state index contributed by atoms with van der Waals surface area (Å²) in [5.74, 6) is -0.882. The first-order chi connectivity index (χ1) is 9.02. The largest absolute Gasteiger partial charge is 0.285 e. The Labute approximate surface area is 111 Å². The molecule has 0 aliphatic heterocycles. The smallest absolute Gasteiger partial charge is 0.237 e. The van der Waals surface area contributed by atoms with Gasteiger partial charge in [0.05, 0.1) is 17.0 Å². The third-order valence-corrected chi connectivity index (χ3v) is 3.43. The van der Waals surface area contributed by atoms with Gasteiger partial charge in [-0.1, -0.05) is 24.3 Å². The molecule has 1 heterocycles. The zero-order valence-corrected chi connectivity index (χ0v) is 11.1. The summed E-state index contributed by atoms with van der Waals surface area (Å²) in [4.78, 5) is 24.4. The van der Waals surface area contributed by atoms with E-state index in [4.69, 9.17) is 0 Å². The predicted molar refractivity (Wildman–Crippen MR) is 71.4 cm³/mol. The zero-order chi connectivity index (χ0) is 13.7. The minimum Gasteiger partial charge on any atom is -0.285 e. The van der Waals surface area contributed by atoms with Crippen LogP contribution in [0.5, 0.6) is 0 Å². The Balaban J connectivity index is 2.43. The first-order valence-corrected chi connectivity index (χ1v) is 6.30. The van der Waals surface area contributed by atoms with Gasteiger partial charge in [-0.15, -0.1) is 0 Å². The molecule has 0 N–H and O–H groups in total. The molecule has 0 radical (unpaired) electrons. The molecule has 19 heavy (non-hydrogen) atoms. The van der Waals surface area contributed by atoms with Crippen LogP contribution < -0.4 is 0 Å². The van der Waals surface area contributed by atoms with Gasteiger partial charge in [-0.3, -0.25) is 14.3 Å². The number of aromatic nitrogens is 2. The van der Waals surface area contributed by atoms with Crippen LogP contribution in [0.2, 0.25) is 0 Å². The van der Waals surface area contributed by atoms with E-state index in [2.05, 4.69) is 5.10 Å². The van der Waals surface area contributed by atoms with E-state index in [1.54, 1.807) is 19.1 Å². The molecule has 0 amide bonds. The molecule has 4 heteroatoms. The lowest BCUT2D eigenvalue weighted by atomic mass is 9.87. The highest BCUT2D eigenvalue weighted by atomic mass is 16.2. The summed E-state index contributed by atoms with van der Waals surface area (Å²) in [6.45, 7) is 5.79. The number of hydrogen-bond donors (Lipinski definition) is 0. The minimum atomic E-state index is -0.446. The number of Topliss-reactive ketones (excluding diaryl/α,β-unsaturated/α-hetero) is 2. The van der Waals surface area contributed by atoms with Crippen molar-refractivity contribution in [2.45, 2.75) is 26.8 Å². The summed E-state index contributed by atoms with van der Waals surface area (Å²) >= 11 is 0. The van der Waals surface area contributed by atoms with Gasteiger partial charge in [0.15, 0.2) is 0 Å². The zero-order valence-electron chi connectivity index (χ0n) is 11.1. The minimum absolute atomic E-state index is 0.136. The molecule has 1 aliphatic rings. The van der Waals surface area contributed by atoms with Crippen LogP contribution in [0.1, 0.15) is 46.3 Å². The molecule has 0 saturated heterocycles. The predicted octanol–water partition coefficient (Wildman–Crippen LogP) is 2.82. The monoisotopic (exact) mass is 254 g/mol. The molecule has 3 rings (SSSR count). The highest BCUT2D eigenvalue weighted by Gasteiger charge is 2.35. The third-order valence-electron chi connectivity index (χ3n) is 3.43. The summed E-state index contributed by atoms with van der Waals surface area (Å²) in [6.07, 6.45) is 0. The summed E-state index contributed by atoms with van der Waals surface area (Å²) in [7, 11) is 0. The van der Waals surface area contributed by atoms with E-state index in [9.17, 15) is 9.59 Å². The molecule has 0 unspecified atom stereocenters. The number of carbonyl (C=O) groups excluding carboxylic acids is 2. The topological polar surface area (TPSA) is 52.0 Å². The first-order valence-electron chi connectivity index (χ1n) is 6.30. The van der Waals surface area contributed by atoms with Gasteiger partial charge in [0, 0.05) is 17.2 Å². The molecule has 0 spiro atoms. The Morgan fingerprint density at radius 1 is 1.05 bits per heavy atom. The fourth-order valence-corrected chi connectivity index (χ4v) is 2.57. The van der Waals surface area contributed by atoms with Crippen LogP contribution in [0.25, 0.3) is 11.3 Å². The molecule has 0 fully saturated rings. The molecule has 2 aromatic rings. The Hall–Kier alpha value is -2.23. The Bertz CT molecular complexity index is 711. The molecule has 1 aliphatic carbocycles. The number of fused-ring (bicyclic) bond motifs is 3. The van der Waals surface area contributed by atoms with Gasteiger partial charge in [-0.05, 0) is 20.8 Å². The normalized spacial score (nSPS) is 13.7. The molecule has 0 atom stereocenters. The van der Waals surface area contributed by atoms with Crippen LogP contribution >= 0.6 is 0 Å². The van der Waals surface area contributed by atoms with E-state index in [1.807, 2.05) is 30.7 Å². The van der Waals surface area contributed by atoms with Gasteiger partial charge >= 0.3 is 0 Å². The molecule has 4 nitrogen and oxygen atoms in total. The second-order valence-electron chi connectivity index (χ2n) is 5.05.